The van der Waals surface area contributed by atoms with Crippen LogP contribution in [0.5, 0.6) is 0 Å². The number of hydrogen-bond donors (Lipinski definition) is 2. The first-order valence-corrected chi connectivity index (χ1v) is 7.68. The lowest BCUT2D eigenvalue weighted by molar-refractivity contribution is -0.248. The minimum absolute atomic E-state index is 0.212. The van der Waals surface area contributed by atoms with Crippen LogP contribution in [0.2, 0.25) is 0 Å². The molecule has 1 heterocycles. The molecule has 2 amide bonds. The molecule has 0 aromatic heterocycles. The van der Waals surface area contributed by atoms with Crippen molar-refractivity contribution in [3.05, 3.63) is 0 Å². The van der Waals surface area contributed by atoms with Crippen molar-refractivity contribution in [2.45, 2.75) is 58.3 Å². The van der Waals surface area contributed by atoms with Crippen LogP contribution in [0.25, 0.3) is 0 Å². The number of ether oxygens (including phenoxy) is 4. The lowest BCUT2D eigenvalue weighted by Crippen LogP contribution is -2.70. The van der Waals surface area contributed by atoms with E-state index in [1.165, 1.54) is 34.8 Å². The van der Waals surface area contributed by atoms with E-state index in [2.05, 4.69) is 10.6 Å². The maximum Gasteiger partial charge on any atom is 0.303 e. The van der Waals surface area contributed by atoms with Gasteiger partial charge in [0.2, 0.25) is 11.8 Å². The second-order valence-electron chi connectivity index (χ2n) is 5.61. The number of carbonyl (C=O) groups excluding carboxylic acids is 4. The van der Waals surface area contributed by atoms with Crippen LogP contribution in [0, 0.1) is 0 Å². The smallest absolute Gasteiger partial charge is 0.303 e. The number of methoxy groups -OCH3 is 1. The van der Waals surface area contributed by atoms with Crippen molar-refractivity contribution in [1.29, 1.82) is 0 Å². The molecule has 142 valence electrons. The molecule has 0 aliphatic carbocycles. The largest absolute Gasteiger partial charge is 0.463 e. The maximum atomic E-state index is 11.6. The van der Waals surface area contributed by atoms with Crippen LogP contribution in [0.4, 0.5) is 0 Å². The van der Waals surface area contributed by atoms with E-state index in [0.717, 1.165) is 0 Å². The van der Waals surface area contributed by atoms with Crippen molar-refractivity contribution in [3.63, 3.8) is 0 Å². The van der Waals surface area contributed by atoms with E-state index >= 15 is 0 Å². The zero-order chi connectivity index (χ0) is 19.1. The molecule has 5 atom stereocenters. The third-order valence-electron chi connectivity index (χ3n) is 3.43. The Morgan fingerprint density at radius 2 is 1.48 bits per heavy atom. The molecular formula is C15H24N2O8. The number of hydrogen-bond acceptors (Lipinski definition) is 8. The zero-order valence-electron chi connectivity index (χ0n) is 14.9. The number of amides is 2. The lowest BCUT2D eigenvalue weighted by Gasteiger charge is -2.45. The molecule has 10 heteroatoms. The topological polar surface area (TPSA) is 129 Å². The standard InChI is InChI=1S/C15H24N2O8/c1-7(18)16-12-13(17-8(2)19)15(22-5)25-11(6-23-9(3)20)14(12)24-10(4)21/h11-15H,6H2,1-5H3,(H,16,18)(H,17,19). The van der Waals surface area contributed by atoms with Gasteiger partial charge < -0.3 is 29.6 Å². The van der Waals surface area contributed by atoms with Crippen LogP contribution in [0.3, 0.4) is 0 Å². The molecule has 0 radical (unpaired) electrons. The monoisotopic (exact) mass is 360 g/mol. The Hall–Kier alpha value is -2.20. The van der Waals surface area contributed by atoms with Gasteiger partial charge in [-0.1, -0.05) is 0 Å². The first-order chi connectivity index (χ1) is 11.6. The van der Waals surface area contributed by atoms with E-state index in [9.17, 15) is 19.2 Å². The minimum Gasteiger partial charge on any atom is -0.463 e. The van der Waals surface area contributed by atoms with Gasteiger partial charge in [-0.05, 0) is 0 Å². The molecule has 1 aliphatic heterocycles. The minimum atomic E-state index is -0.996. The lowest BCUT2D eigenvalue weighted by atomic mass is 9.93. The third-order valence-corrected chi connectivity index (χ3v) is 3.43. The highest BCUT2D eigenvalue weighted by Crippen LogP contribution is 2.25. The average Bonchev–Trinajstić information content (AvgIpc) is 2.48. The average molecular weight is 360 g/mol. The van der Waals surface area contributed by atoms with Gasteiger partial charge in [0.05, 0.1) is 6.04 Å². The first kappa shape index (κ1) is 20.8. The predicted octanol–water partition coefficient (Wildman–Crippen LogP) is -1.14. The van der Waals surface area contributed by atoms with Gasteiger partial charge in [0.15, 0.2) is 12.4 Å². The molecular weight excluding hydrogens is 336 g/mol. The van der Waals surface area contributed by atoms with E-state index in [0.29, 0.717) is 0 Å². The van der Waals surface area contributed by atoms with Gasteiger partial charge in [-0.15, -0.1) is 0 Å². The normalized spacial score (nSPS) is 28.6. The molecule has 5 unspecified atom stereocenters. The molecule has 0 aromatic carbocycles. The molecule has 0 spiro atoms. The van der Waals surface area contributed by atoms with Crippen molar-refractivity contribution in [1.82, 2.24) is 10.6 Å². The highest BCUT2D eigenvalue weighted by Gasteiger charge is 2.49. The summed E-state index contributed by atoms with van der Waals surface area (Å²) in [6.45, 7) is 4.79. The van der Waals surface area contributed by atoms with E-state index < -0.39 is 48.4 Å². The van der Waals surface area contributed by atoms with Crippen LogP contribution >= 0.6 is 0 Å². The fraction of sp³-hybridized carbons (Fsp3) is 0.733. The summed E-state index contributed by atoms with van der Waals surface area (Å²) in [6.07, 6.45) is -2.84. The second-order valence-corrected chi connectivity index (χ2v) is 5.61. The summed E-state index contributed by atoms with van der Waals surface area (Å²) >= 11 is 0. The molecule has 0 saturated carbocycles. The molecule has 2 N–H and O–H groups in total. The quantitative estimate of drug-likeness (QED) is 0.569. The van der Waals surface area contributed by atoms with Crippen LogP contribution < -0.4 is 10.6 Å². The van der Waals surface area contributed by atoms with Gasteiger partial charge in [0.25, 0.3) is 0 Å². The Morgan fingerprint density at radius 3 is 1.92 bits per heavy atom. The molecule has 0 bridgehead atoms. The van der Waals surface area contributed by atoms with Crippen molar-refractivity contribution in [3.8, 4) is 0 Å². The van der Waals surface area contributed by atoms with Gasteiger partial charge >= 0.3 is 11.9 Å². The molecule has 1 fully saturated rings. The van der Waals surface area contributed by atoms with E-state index in [-0.39, 0.29) is 12.5 Å². The Morgan fingerprint density at radius 1 is 0.920 bits per heavy atom. The van der Waals surface area contributed by atoms with Gasteiger partial charge in [-0.3, -0.25) is 19.2 Å². The van der Waals surface area contributed by atoms with Crippen LogP contribution in [0.15, 0.2) is 0 Å². The molecule has 0 aromatic rings. The first-order valence-electron chi connectivity index (χ1n) is 7.68. The highest BCUT2D eigenvalue weighted by atomic mass is 16.7. The van der Waals surface area contributed by atoms with Crippen LogP contribution in [-0.4, -0.2) is 68.1 Å². The fourth-order valence-electron chi connectivity index (χ4n) is 2.62. The van der Waals surface area contributed by atoms with Crippen LogP contribution in [0.1, 0.15) is 27.7 Å². The fourth-order valence-corrected chi connectivity index (χ4v) is 2.62. The number of rotatable bonds is 6. The molecule has 1 aliphatic rings. The van der Waals surface area contributed by atoms with E-state index in [1.807, 2.05) is 0 Å². The van der Waals surface area contributed by atoms with Crippen molar-refractivity contribution < 1.29 is 38.1 Å². The van der Waals surface area contributed by atoms with Crippen molar-refractivity contribution >= 4 is 23.8 Å². The summed E-state index contributed by atoms with van der Waals surface area (Å²) in [4.78, 5) is 45.7. The van der Waals surface area contributed by atoms with E-state index in [1.54, 1.807) is 0 Å². The molecule has 1 saturated heterocycles. The second kappa shape index (κ2) is 9.33. The van der Waals surface area contributed by atoms with E-state index in [4.69, 9.17) is 18.9 Å². The van der Waals surface area contributed by atoms with Crippen LogP contribution in [-0.2, 0) is 38.1 Å². The molecule has 1 rings (SSSR count). The van der Waals surface area contributed by atoms with Gasteiger partial charge in [0, 0.05) is 34.8 Å². The maximum absolute atomic E-state index is 11.6. The Balaban J connectivity index is 3.18. The zero-order valence-corrected chi connectivity index (χ0v) is 14.9. The summed E-state index contributed by atoms with van der Waals surface area (Å²) in [5, 5.41) is 5.27. The van der Waals surface area contributed by atoms with Crippen molar-refractivity contribution in [2.75, 3.05) is 13.7 Å². The van der Waals surface area contributed by atoms with Gasteiger partial charge in [-0.25, -0.2) is 0 Å². The number of esters is 2. The molecule has 25 heavy (non-hydrogen) atoms. The Bertz CT molecular complexity index is 524. The molecule has 10 nitrogen and oxygen atoms in total. The summed E-state index contributed by atoms with van der Waals surface area (Å²) < 4.78 is 21.1. The number of nitrogens with one attached hydrogen (secondary N) is 2. The SMILES string of the molecule is COC1OC(COC(C)=O)C(OC(C)=O)C(NC(C)=O)C1NC(C)=O. The summed E-state index contributed by atoms with van der Waals surface area (Å²) in [7, 11) is 1.36. The van der Waals surface area contributed by atoms with Crippen molar-refractivity contribution in [2.24, 2.45) is 0 Å². The summed E-state index contributed by atoms with van der Waals surface area (Å²) in [5.74, 6) is -1.94. The third kappa shape index (κ3) is 6.31. The van der Waals surface area contributed by atoms with Gasteiger partial charge in [0.1, 0.15) is 18.8 Å². The highest BCUT2D eigenvalue weighted by molar-refractivity contribution is 5.75. The summed E-state index contributed by atoms with van der Waals surface area (Å²) in [6, 6.07) is -1.66. The van der Waals surface area contributed by atoms with Gasteiger partial charge in [-0.2, -0.15) is 0 Å². The predicted molar refractivity (Wildman–Crippen MR) is 83.1 cm³/mol. The summed E-state index contributed by atoms with van der Waals surface area (Å²) in [5.41, 5.74) is 0. The Labute approximate surface area is 145 Å². The number of carbonyl (C=O) groups is 4. The Kier molecular flexibility index (Phi) is 7.78.